The van der Waals surface area contributed by atoms with Crippen molar-refractivity contribution in [3.8, 4) is 11.5 Å². The fourth-order valence-corrected chi connectivity index (χ4v) is 3.80. The van der Waals surface area contributed by atoms with Crippen LogP contribution in [-0.2, 0) is 24.4 Å². The largest absolute Gasteiger partial charge is 0.497 e. The predicted octanol–water partition coefficient (Wildman–Crippen LogP) is 1.50. The molecule has 10 nitrogen and oxygen atoms in total. The van der Waals surface area contributed by atoms with Crippen LogP contribution in [0, 0.1) is 0 Å². The molecule has 1 unspecified atom stereocenters. The van der Waals surface area contributed by atoms with Crippen LogP contribution in [-0.4, -0.2) is 57.3 Å². The smallest absolute Gasteiger partial charge is 0.333 e. The number of rotatable bonds is 11. The van der Waals surface area contributed by atoms with Gasteiger partial charge in [0.25, 0.3) is 5.56 Å². The van der Waals surface area contributed by atoms with E-state index in [1.54, 1.807) is 43.1 Å². The number of hydrogen-bond acceptors (Lipinski definition) is 7. The Morgan fingerprint density at radius 3 is 2.37 bits per heavy atom. The predicted molar refractivity (Wildman–Crippen MR) is 130 cm³/mol. The number of aliphatic hydroxyl groups excluding tert-OH is 1. The van der Waals surface area contributed by atoms with Crippen LogP contribution in [0.4, 0.5) is 0 Å². The molecule has 1 atom stereocenters. The Hall–Kier alpha value is -3.89. The summed E-state index contributed by atoms with van der Waals surface area (Å²) >= 11 is 0. The standard InChI is InChI=1S/C25H28N4O6/c1-33-13-12-27-17-26-23-22(27)24(31)29(25(32)28(23)14-18-6-4-3-5-7-18)15-19(30)16-35-21-10-8-20(34-2)9-11-21/h3-11,17,19,30H,12-16H2,1-2H3. The number of aromatic nitrogens is 4. The van der Waals surface area contributed by atoms with Gasteiger partial charge in [0.2, 0.25) is 0 Å². The molecule has 35 heavy (non-hydrogen) atoms. The molecule has 0 aliphatic carbocycles. The summed E-state index contributed by atoms with van der Waals surface area (Å²) in [5, 5.41) is 10.6. The number of nitrogens with zero attached hydrogens (tertiary/aromatic N) is 4. The van der Waals surface area contributed by atoms with Crippen molar-refractivity contribution in [3.63, 3.8) is 0 Å². The van der Waals surface area contributed by atoms with Crippen molar-refractivity contribution in [2.45, 2.75) is 25.7 Å². The van der Waals surface area contributed by atoms with E-state index < -0.39 is 17.4 Å². The Bertz CT molecular complexity index is 1380. The van der Waals surface area contributed by atoms with E-state index in [9.17, 15) is 14.7 Å². The molecule has 2 aromatic heterocycles. The molecule has 0 radical (unpaired) electrons. The van der Waals surface area contributed by atoms with Crippen LogP contribution >= 0.6 is 0 Å². The molecule has 184 valence electrons. The van der Waals surface area contributed by atoms with Gasteiger partial charge in [0.05, 0.1) is 33.1 Å². The van der Waals surface area contributed by atoms with E-state index in [-0.39, 0.29) is 25.2 Å². The van der Waals surface area contributed by atoms with Crippen molar-refractivity contribution in [2.24, 2.45) is 0 Å². The minimum atomic E-state index is -1.10. The van der Waals surface area contributed by atoms with Crippen molar-refractivity contribution in [1.29, 1.82) is 0 Å². The van der Waals surface area contributed by atoms with E-state index in [0.29, 0.717) is 30.3 Å². The molecule has 2 heterocycles. The van der Waals surface area contributed by atoms with E-state index >= 15 is 0 Å². The van der Waals surface area contributed by atoms with Crippen LogP contribution in [0.3, 0.4) is 0 Å². The number of benzene rings is 2. The van der Waals surface area contributed by atoms with Gasteiger partial charge in [-0.15, -0.1) is 0 Å². The Morgan fingerprint density at radius 2 is 1.69 bits per heavy atom. The summed E-state index contributed by atoms with van der Waals surface area (Å²) < 4.78 is 20.1. The van der Waals surface area contributed by atoms with E-state index in [4.69, 9.17) is 14.2 Å². The zero-order valence-electron chi connectivity index (χ0n) is 19.7. The summed E-state index contributed by atoms with van der Waals surface area (Å²) in [6, 6.07) is 16.3. The maximum absolute atomic E-state index is 13.4. The molecule has 0 aliphatic heterocycles. The van der Waals surface area contributed by atoms with Gasteiger partial charge < -0.3 is 23.9 Å². The van der Waals surface area contributed by atoms with Gasteiger partial charge in [0, 0.05) is 13.7 Å². The normalized spacial score (nSPS) is 12.1. The molecule has 1 N–H and O–H groups in total. The number of fused-ring (bicyclic) bond motifs is 1. The van der Waals surface area contributed by atoms with Crippen molar-refractivity contribution >= 4 is 11.2 Å². The number of ether oxygens (including phenoxy) is 3. The Morgan fingerprint density at radius 1 is 0.971 bits per heavy atom. The summed E-state index contributed by atoms with van der Waals surface area (Å²) in [7, 11) is 3.14. The van der Waals surface area contributed by atoms with Crippen molar-refractivity contribution in [2.75, 3.05) is 27.4 Å². The van der Waals surface area contributed by atoms with Gasteiger partial charge >= 0.3 is 5.69 Å². The molecule has 0 aliphatic rings. The lowest BCUT2D eigenvalue weighted by Crippen LogP contribution is -2.44. The molecule has 4 aromatic rings. The van der Waals surface area contributed by atoms with Gasteiger partial charge in [0.15, 0.2) is 11.2 Å². The van der Waals surface area contributed by atoms with Crippen LogP contribution in [0.1, 0.15) is 5.56 Å². The SMILES string of the molecule is COCCn1cnc2c1c(=O)n(CC(O)COc1ccc(OC)cc1)c(=O)n2Cc1ccccc1. The molecular formula is C25H28N4O6. The number of methoxy groups -OCH3 is 2. The van der Waals surface area contributed by atoms with Crippen molar-refractivity contribution in [1.82, 2.24) is 18.7 Å². The second kappa shape index (κ2) is 11.0. The van der Waals surface area contributed by atoms with Crippen LogP contribution in [0.25, 0.3) is 11.2 Å². The van der Waals surface area contributed by atoms with Crippen molar-refractivity contribution < 1.29 is 19.3 Å². The second-order valence-corrected chi connectivity index (χ2v) is 8.01. The summed E-state index contributed by atoms with van der Waals surface area (Å²) in [6.45, 7) is 0.679. The number of aliphatic hydroxyl groups is 1. The average Bonchev–Trinajstić information content (AvgIpc) is 3.31. The molecule has 0 bridgehead atoms. The first-order valence-electron chi connectivity index (χ1n) is 11.2. The fourth-order valence-electron chi connectivity index (χ4n) is 3.80. The molecule has 0 amide bonds. The van der Waals surface area contributed by atoms with Gasteiger partial charge in [0.1, 0.15) is 24.2 Å². The Kier molecular flexibility index (Phi) is 7.64. The molecule has 0 fully saturated rings. The van der Waals surface area contributed by atoms with Crippen LogP contribution in [0.2, 0.25) is 0 Å². The first kappa shape index (κ1) is 24.2. The van der Waals surface area contributed by atoms with E-state index in [0.717, 1.165) is 10.1 Å². The third kappa shape index (κ3) is 5.44. The summed E-state index contributed by atoms with van der Waals surface area (Å²) in [6.07, 6.45) is 0.431. The minimum absolute atomic E-state index is 0.0993. The summed E-state index contributed by atoms with van der Waals surface area (Å²) in [5.74, 6) is 1.22. The maximum Gasteiger partial charge on any atom is 0.333 e. The van der Waals surface area contributed by atoms with E-state index in [1.807, 2.05) is 30.3 Å². The third-order valence-electron chi connectivity index (χ3n) is 5.60. The highest BCUT2D eigenvalue weighted by Gasteiger charge is 2.20. The molecule has 10 heteroatoms. The van der Waals surface area contributed by atoms with Gasteiger partial charge in [-0.05, 0) is 29.8 Å². The number of hydrogen-bond donors (Lipinski definition) is 1. The molecule has 0 saturated heterocycles. The third-order valence-corrected chi connectivity index (χ3v) is 5.60. The maximum atomic E-state index is 13.4. The molecular weight excluding hydrogens is 452 g/mol. The van der Waals surface area contributed by atoms with Crippen LogP contribution in [0.15, 0.2) is 70.5 Å². The lowest BCUT2D eigenvalue weighted by molar-refractivity contribution is 0.0902. The summed E-state index contributed by atoms with van der Waals surface area (Å²) in [5.41, 5.74) is 0.384. The zero-order valence-corrected chi connectivity index (χ0v) is 19.7. The highest BCUT2D eigenvalue weighted by Crippen LogP contribution is 2.17. The van der Waals surface area contributed by atoms with Crippen LogP contribution < -0.4 is 20.7 Å². The first-order valence-corrected chi connectivity index (χ1v) is 11.2. The van der Waals surface area contributed by atoms with E-state index in [2.05, 4.69) is 4.98 Å². The lowest BCUT2D eigenvalue weighted by atomic mass is 10.2. The highest BCUT2D eigenvalue weighted by atomic mass is 16.5. The fraction of sp³-hybridized carbons (Fsp3) is 0.320. The lowest BCUT2D eigenvalue weighted by Gasteiger charge is -2.16. The minimum Gasteiger partial charge on any atom is -0.497 e. The Balaban J connectivity index is 1.66. The van der Waals surface area contributed by atoms with Crippen LogP contribution in [0.5, 0.6) is 11.5 Å². The first-order chi connectivity index (χ1) is 17.0. The molecule has 0 spiro atoms. The molecule has 4 rings (SSSR count). The van der Waals surface area contributed by atoms with Gasteiger partial charge in [-0.3, -0.25) is 13.9 Å². The van der Waals surface area contributed by atoms with Gasteiger partial charge in [-0.1, -0.05) is 30.3 Å². The second-order valence-electron chi connectivity index (χ2n) is 8.01. The van der Waals surface area contributed by atoms with E-state index in [1.165, 1.54) is 10.9 Å². The monoisotopic (exact) mass is 480 g/mol. The average molecular weight is 481 g/mol. The zero-order chi connectivity index (χ0) is 24.8. The van der Waals surface area contributed by atoms with Gasteiger partial charge in [-0.2, -0.15) is 0 Å². The topological polar surface area (TPSA) is 110 Å². The van der Waals surface area contributed by atoms with Crippen molar-refractivity contribution in [3.05, 3.63) is 87.3 Å². The molecule has 2 aromatic carbocycles. The quantitative estimate of drug-likeness (QED) is 0.346. The summed E-state index contributed by atoms with van der Waals surface area (Å²) in [4.78, 5) is 31.1. The number of imidazole rings is 1. The van der Waals surface area contributed by atoms with Gasteiger partial charge in [-0.25, -0.2) is 9.78 Å². The Labute approximate surface area is 201 Å². The highest BCUT2D eigenvalue weighted by molar-refractivity contribution is 5.70. The molecule has 0 saturated carbocycles.